The molecule has 0 aliphatic carbocycles. The van der Waals surface area contributed by atoms with Crippen molar-refractivity contribution in [2.24, 2.45) is 5.10 Å². The molecule has 4 aromatic rings. The summed E-state index contributed by atoms with van der Waals surface area (Å²) < 4.78 is 16.3. The number of hydrogen-bond donors (Lipinski definition) is 1. The van der Waals surface area contributed by atoms with Crippen LogP contribution in [-0.2, 0) is 4.79 Å². The van der Waals surface area contributed by atoms with Crippen molar-refractivity contribution >= 4 is 34.7 Å². The van der Waals surface area contributed by atoms with Gasteiger partial charge >= 0.3 is 0 Å². The number of amides is 1. The molecule has 1 amide bonds. The highest BCUT2D eigenvalue weighted by atomic mass is 35.5. The number of benzene rings is 2. The molecule has 162 valence electrons. The molecule has 0 atom stereocenters. The lowest BCUT2D eigenvalue weighted by Crippen LogP contribution is -2.25. The van der Waals surface area contributed by atoms with E-state index >= 15 is 0 Å². The Hall–Kier alpha value is -3.91. The fourth-order valence-corrected chi connectivity index (χ4v) is 3.18. The first-order valence-electron chi connectivity index (χ1n) is 9.60. The number of rotatable bonds is 6. The van der Waals surface area contributed by atoms with Gasteiger partial charge in [-0.05, 0) is 43.7 Å². The van der Waals surface area contributed by atoms with Crippen LogP contribution in [0.4, 0.5) is 0 Å². The monoisotopic (exact) mass is 451 g/mol. The van der Waals surface area contributed by atoms with Gasteiger partial charge in [-0.2, -0.15) is 5.10 Å². The van der Waals surface area contributed by atoms with Gasteiger partial charge in [0.25, 0.3) is 5.91 Å². The minimum absolute atomic E-state index is 0.213. The van der Waals surface area contributed by atoms with Gasteiger partial charge in [0.1, 0.15) is 17.6 Å². The fourth-order valence-electron chi connectivity index (χ4n) is 3.02. The summed E-state index contributed by atoms with van der Waals surface area (Å²) in [5.74, 6) is 0.352. The number of carbonyl (C=O) groups is 1. The highest BCUT2D eigenvalue weighted by molar-refractivity contribution is 6.31. The average Bonchev–Trinajstić information content (AvgIpc) is 3.31. The van der Waals surface area contributed by atoms with E-state index in [1.807, 2.05) is 19.9 Å². The molecule has 2 aromatic carbocycles. The molecule has 4 rings (SSSR count). The highest BCUT2D eigenvalue weighted by Gasteiger charge is 2.14. The topological polar surface area (TPSA) is 107 Å². The molecular formula is C23H18ClN3O5. The molecule has 0 radical (unpaired) electrons. The maximum atomic E-state index is 12.6. The zero-order chi connectivity index (χ0) is 22.7. The van der Waals surface area contributed by atoms with E-state index < -0.39 is 5.91 Å². The van der Waals surface area contributed by atoms with Gasteiger partial charge < -0.3 is 13.7 Å². The normalized spacial score (nSPS) is 11.2. The summed E-state index contributed by atoms with van der Waals surface area (Å²) in [5.41, 5.74) is 5.07. The number of aromatic nitrogens is 1. The first-order chi connectivity index (χ1) is 15.4. The number of carbonyl (C=O) groups excluding carboxylic acids is 1. The summed E-state index contributed by atoms with van der Waals surface area (Å²) in [4.78, 5) is 24.7. The first-order valence-corrected chi connectivity index (χ1v) is 9.98. The fraction of sp³-hybridized carbons (Fsp3) is 0.130. The van der Waals surface area contributed by atoms with E-state index in [0.29, 0.717) is 33.1 Å². The largest absolute Gasteiger partial charge is 0.483 e. The number of nitrogens with one attached hydrogen (secondary N) is 1. The second-order valence-corrected chi connectivity index (χ2v) is 7.48. The summed E-state index contributed by atoms with van der Waals surface area (Å²) in [5, 5.41) is 8.49. The third kappa shape index (κ3) is 4.55. The molecule has 0 bridgehead atoms. The number of hydrogen-bond acceptors (Lipinski definition) is 7. The van der Waals surface area contributed by atoms with Crippen molar-refractivity contribution in [2.45, 2.75) is 13.8 Å². The zero-order valence-corrected chi connectivity index (χ0v) is 18.0. The Bertz CT molecular complexity index is 1380. The van der Waals surface area contributed by atoms with Gasteiger partial charge in [-0.3, -0.25) is 9.59 Å². The summed E-state index contributed by atoms with van der Waals surface area (Å²) in [6.45, 7) is 3.39. The van der Waals surface area contributed by atoms with Crippen molar-refractivity contribution in [1.82, 2.24) is 10.6 Å². The van der Waals surface area contributed by atoms with Crippen LogP contribution in [0.1, 0.15) is 16.7 Å². The summed E-state index contributed by atoms with van der Waals surface area (Å²) >= 11 is 6.20. The number of nitrogens with zero attached hydrogens (tertiary/aromatic N) is 2. The van der Waals surface area contributed by atoms with Crippen molar-refractivity contribution < 1.29 is 18.5 Å². The molecule has 0 unspecified atom stereocenters. The Morgan fingerprint density at radius 3 is 2.88 bits per heavy atom. The van der Waals surface area contributed by atoms with Gasteiger partial charge in [-0.15, -0.1) is 0 Å². The molecule has 2 heterocycles. The van der Waals surface area contributed by atoms with Gasteiger partial charge in [-0.1, -0.05) is 28.4 Å². The predicted octanol–water partition coefficient (Wildman–Crippen LogP) is 4.25. The van der Waals surface area contributed by atoms with Crippen LogP contribution in [0.15, 0.2) is 67.7 Å². The lowest BCUT2D eigenvalue weighted by molar-refractivity contribution is -0.123. The Kier molecular flexibility index (Phi) is 6.04. The van der Waals surface area contributed by atoms with Gasteiger partial charge in [0.05, 0.1) is 28.9 Å². The predicted molar refractivity (Wildman–Crippen MR) is 120 cm³/mol. The summed E-state index contributed by atoms with van der Waals surface area (Å²) in [6, 6.07) is 10.4. The number of halogens is 1. The lowest BCUT2D eigenvalue weighted by Gasteiger charge is -2.11. The first kappa shape index (κ1) is 21.3. The van der Waals surface area contributed by atoms with Crippen molar-refractivity contribution in [3.8, 4) is 17.1 Å². The van der Waals surface area contributed by atoms with Crippen molar-refractivity contribution in [1.29, 1.82) is 0 Å². The second-order valence-electron chi connectivity index (χ2n) is 7.08. The molecule has 0 saturated carbocycles. The van der Waals surface area contributed by atoms with Crippen molar-refractivity contribution in [3.05, 3.63) is 80.8 Å². The third-order valence-corrected chi connectivity index (χ3v) is 5.08. The van der Waals surface area contributed by atoms with Gasteiger partial charge in [0.15, 0.2) is 12.4 Å². The van der Waals surface area contributed by atoms with Crippen molar-refractivity contribution in [3.63, 3.8) is 0 Å². The number of fused-ring (bicyclic) bond motifs is 1. The van der Waals surface area contributed by atoms with Crippen LogP contribution >= 0.6 is 11.6 Å². The van der Waals surface area contributed by atoms with E-state index in [9.17, 15) is 9.59 Å². The molecule has 2 aromatic heterocycles. The Labute approximate surface area is 187 Å². The minimum atomic E-state index is -0.515. The molecule has 8 nitrogen and oxygen atoms in total. The van der Waals surface area contributed by atoms with Crippen LogP contribution in [0.5, 0.6) is 5.75 Å². The molecule has 0 aliphatic heterocycles. The maximum absolute atomic E-state index is 12.6. The van der Waals surface area contributed by atoms with Crippen LogP contribution in [0.25, 0.3) is 22.3 Å². The molecule has 32 heavy (non-hydrogen) atoms. The van der Waals surface area contributed by atoms with Crippen LogP contribution in [0, 0.1) is 13.8 Å². The molecule has 0 aliphatic rings. The second kappa shape index (κ2) is 9.07. The number of ether oxygens (including phenoxy) is 1. The van der Waals surface area contributed by atoms with Crippen LogP contribution in [0.3, 0.4) is 0 Å². The molecular weight excluding hydrogens is 434 g/mol. The van der Waals surface area contributed by atoms with Crippen LogP contribution in [0.2, 0.25) is 5.02 Å². The molecule has 0 spiro atoms. The van der Waals surface area contributed by atoms with E-state index in [-0.39, 0.29) is 17.6 Å². The average molecular weight is 452 g/mol. The molecule has 9 heteroatoms. The lowest BCUT2D eigenvalue weighted by atomic mass is 10.1. The van der Waals surface area contributed by atoms with Crippen LogP contribution in [-0.4, -0.2) is 23.9 Å². The standard InChI is InChI=1S/C23H18ClN3O5/c1-13-3-4-19-17(7-13)23(29)15(11-30-19)10-25-27-22(28)12-31-21-8-14(2)18(24)9-16(21)20-5-6-26-32-20/h3-11H,12H2,1-2H3,(H,27,28)/b25-10+. The van der Waals surface area contributed by atoms with E-state index in [0.717, 1.165) is 11.1 Å². The van der Waals surface area contributed by atoms with Gasteiger partial charge in [-0.25, -0.2) is 5.43 Å². The SMILES string of the molecule is Cc1ccc2occ(/C=N/NC(=O)COc3cc(C)c(Cl)cc3-c3ccno3)c(=O)c2c1. The van der Waals surface area contributed by atoms with Crippen molar-refractivity contribution in [2.75, 3.05) is 6.61 Å². The number of hydrazone groups is 1. The quantitative estimate of drug-likeness (QED) is 0.347. The number of aryl methyl sites for hydroxylation is 2. The Morgan fingerprint density at radius 2 is 2.09 bits per heavy atom. The Balaban J connectivity index is 1.44. The smallest absolute Gasteiger partial charge is 0.277 e. The molecule has 0 saturated heterocycles. The summed E-state index contributed by atoms with van der Waals surface area (Å²) in [7, 11) is 0. The third-order valence-electron chi connectivity index (χ3n) is 4.67. The zero-order valence-electron chi connectivity index (χ0n) is 17.2. The van der Waals surface area contributed by atoms with Gasteiger partial charge in [0.2, 0.25) is 5.43 Å². The maximum Gasteiger partial charge on any atom is 0.277 e. The molecule has 0 fully saturated rings. The van der Waals surface area contributed by atoms with Crippen LogP contribution < -0.4 is 15.6 Å². The Morgan fingerprint density at radius 1 is 1.25 bits per heavy atom. The minimum Gasteiger partial charge on any atom is -0.483 e. The summed E-state index contributed by atoms with van der Waals surface area (Å²) in [6.07, 6.45) is 4.03. The van der Waals surface area contributed by atoms with E-state index in [4.69, 9.17) is 25.3 Å². The van der Waals surface area contributed by atoms with Gasteiger partial charge in [0, 0.05) is 11.1 Å². The van der Waals surface area contributed by atoms with E-state index in [2.05, 4.69) is 15.7 Å². The van der Waals surface area contributed by atoms with E-state index in [1.54, 1.807) is 30.3 Å². The highest BCUT2D eigenvalue weighted by Crippen LogP contribution is 2.34. The molecule has 1 N–H and O–H groups in total. The van der Waals surface area contributed by atoms with E-state index in [1.165, 1.54) is 18.7 Å².